The topological polar surface area (TPSA) is 72.7 Å². The third-order valence-corrected chi connectivity index (χ3v) is 2.92. The van der Waals surface area contributed by atoms with Crippen molar-refractivity contribution in [1.82, 2.24) is 19.7 Å². The van der Waals surface area contributed by atoms with Crippen LogP contribution in [0.2, 0.25) is 0 Å². The molecule has 0 aliphatic heterocycles. The predicted molar refractivity (Wildman–Crippen MR) is 68.6 cm³/mol. The zero-order valence-electron chi connectivity index (χ0n) is 8.69. The SMILES string of the molecule is Cn1nccc1C(=O)Nc1ncc(Br)nc1Br. The van der Waals surface area contributed by atoms with Crippen molar-refractivity contribution >= 4 is 43.6 Å². The summed E-state index contributed by atoms with van der Waals surface area (Å²) < 4.78 is 2.53. The molecule has 8 heteroatoms. The molecule has 2 aromatic heterocycles. The molecule has 0 aromatic carbocycles. The minimum absolute atomic E-state index is 0.290. The number of anilines is 1. The van der Waals surface area contributed by atoms with Crippen molar-refractivity contribution in [2.45, 2.75) is 0 Å². The van der Waals surface area contributed by atoms with E-state index in [4.69, 9.17) is 0 Å². The van der Waals surface area contributed by atoms with Crippen LogP contribution in [0.5, 0.6) is 0 Å². The monoisotopic (exact) mass is 359 g/mol. The number of nitrogens with zero attached hydrogens (tertiary/aromatic N) is 4. The minimum Gasteiger partial charge on any atom is -0.303 e. The number of nitrogens with one attached hydrogen (secondary N) is 1. The molecule has 0 atom stereocenters. The molecule has 17 heavy (non-hydrogen) atoms. The summed E-state index contributed by atoms with van der Waals surface area (Å²) in [5.41, 5.74) is 0.446. The molecule has 88 valence electrons. The van der Waals surface area contributed by atoms with Crippen molar-refractivity contribution in [3.63, 3.8) is 0 Å². The lowest BCUT2D eigenvalue weighted by Crippen LogP contribution is -2.17. The van der Waals surface area contributed by atoms with E-state index in [1.54, 1.807) is 19.3 Å². The zero-order chi connectivity index (χ0) is 12.4. The second-order valence-corrected chi connectivity index (χ2v) is 4.69. The number of carbonyl (C=O) groups excluding carboxylic acids is 1. The average Bonchev–Trinajstić information content (AvgIpc) is 2.68. The summed E-state index contributed by atoms with van der Waals surface area (Å²) in [6, 6.07) is 1.62. The molecule has 0 radical (unpaired) electrons. The van der Waals surface area contributed by atoms with Crippen LogP contribution in [0, 0.1) is 0 Å². The second kappa shape index (κ2) is 4.92. The van der Waals surface area contributed by atoms with Crippen molar-refractivity contribution in [3.8, 4) is 0 Å². The fourth-order valence-electron chi connectivity index (χ4n) is 1.20. The van der Waals surface area contributed by atoms with Crippen LogP contribution >= 0.6 is 31.9 Å². The molecule has 1 amide bonds. The Balaban J connectivity index is 2.22. The van der Waals surface area contributed by atoms with Gasteiger partial charge in [-0.1, -0.05) is 0 Å². The molecular weight excluding hydrogens is 354 g/mol. The number of halogens is 2. The van der Waals surface area contributed by atoms with Crippen LogP contribution in [0.25, 0.3) is 0 Å². The lowest BCUT2D eigenvalue weighted by atomic mass is 10.4. The Bertz CT molecular complexity index is 568. The van der Waals surface area contributed by atoms with Gasteiger partial charge in [-0.25, -0.2) is 9.97 Å². The van der Waals surface area contributed by atoms with E-state index in [1.165, 1.54) is 10.9 Å². The average molecular weight is 361 g/mol. The molecule has 1 N–H and O–H groups in total. The number of hydrogen-bond donors (Lipinski definition) is 1. The summed E-state index contributed by atoms with van der Waals surface area (Å²) in [5.74, 6) is 0.0710. The first-order valence-corrected chi connectivity index (χ1v) is 6.14. The lowest BCUT2D eigenvalue weighted by molar-refractivity contribution is 0.101. The minimum atomic E-state index is -0.290. The van der Waals surface area contributed by atoms with E-state index in [-0.39, 0.29) is 5.91 Å². The Morgan fingerprint density at radius 1 is 1.47 bits per heavy atom. The fraction of sp³-hybridized carbons (Fsp3) is 0.111. The smallest absolute Gasteiger partial charge is 0.275 e. The molecule has 2 heterocycles. The van der Waals surface area contributed by atoms with Crippen LogP contribution in [0.3, 0.4) is 0 Å². The number of carbonyl (C=O) groups is 1. The summed E-state index contributed by atoms with van der Waals surface area (Å²) >= 11 is 6.40. The van der Waals surface area contributed by atoms with Crippen molar-refractivity contribution in [1.29, 1.82) is 0 Å². The molecule has 2 aromatic rings. The highest BCUT2D eigenvalue weighted by atomic mass is 79.9. The highest BCUT2D eigenvalue weighted by Gasteiger charge is 2.13. The molecule has 0 aliphatic rings. The number of hydrogen-bond acceptors (Lipinski definition) is 4. The normalized spacial score (nSPS) is 10.3. The largest absolute Gasteiger partial charge is 0.303 e. The first-order chi connectivity index (χ1) is 8.08. The van der Waals surface area contributed by atoms with Gasteiger partial charge in [-0.05, 0) is 37.9 Å². The zero-order valence-corrected chi connectivity index (χ0v) is 11.9. The summed E-state index contributed by atoms with van der Waals surface area (Å²) in [5, 5.41) is 6.56. The van der Waals surface area contributed by atoms with Gasteiger partial charge in [0.2, 0.25) is 0 Å². The summed E-state index contributed by atoms with van der Waals surface area (Å²) in [4.78, 5) is 20.0. The Morgan fingerprint density at radius 3 is 2.82 bits per heavy atom. The van der Waals surface area contributed by atoms with Gasteiger partial charge in [0.15, 0.2) is 5.82 Å². The quantitative estimate of drug-likeness (QED) is 0.888. The Morgan fingerprint density at radius 2 is 2.24 bits per heavy atom. The van der Waals surface area contributed by atoms with Crippen LogP contribution in [-0.2, 0) is 7.05 Å². The van der Waals surface area contributed by atoms with E-state index in [2.05, 4.69) is 52.2 Å². The van der Waals surface area contributed by atoms with Crippen LogP contribution < -0.4 is 5.32 Å². The number of rotatable bonds is 2. The third-order valence-electron chi connectivity index (χ3n) is 1.99. The van der Waals surface area contributed by atoms with Gasteiger partial charge in [-0.3, -0.25) is 9.48 Å². The molecule has 0 saturated carbocycles. The third kappa shape index (κ3) is 2.70. The van der Waals surface area contributed by atoms with Crippen molar-refractivity contribution < 1.29 is 4.79 Å². The first kappa shape index (κ1) is 12.2. The maximum absolute atomic E-state index is 11.9. The Hall–Kier alpha value is -1.28. The van der Waals surface area contributed by atoms with Crippen molar-refractivity contribution in [2.75, 3.05) is 5.32 Å². The van der Waals surface area contributed by atoms with Gasteiger partial charge in [-0.2, -0.15) is 5.10 Å². The van der Waals surface area contributed by atoms with Crippen LogP contribution in [0.4, 0.5) is 5.82 Å². The maximum Gasteiger partial charge on any atom is 0.275 e. The molecule has 0 saturated heterocycles. The van der Waals surface area contributed by atoms with Gasteiger partial charge in [0.25, 0.3) is 5.91 Å². The van der Waals surface area contributed by atoms with Crippen molar-refractivity contribution in [3.05, 3.63) is 33.4 Å². The highest BCUT2D eigenvalue weighted by molar-refractivity contribution is 9.11. The second-order valence-electron chi connectivity index (χ2n) is 3.13. The number of aryl methyl sites for hydroxylation is 1. The van der Waals surface area contributed by atoms with Gasteiger partial charge in [-0.15, -0.1) is 0 Å². The van der Waals surface area contributed by atoms with Crippen LogP contribution in [0.1, 0.15) is 10.5 Å². The molecule has 0 spiro atoms. The highest BCUT2D eigenvalue weighted by Crippen LogP contribution is 2.19. The fourth-order valence-corrected chi connectivity index (χ4v) is 2.11. The van der Waals surface area contributed by atoms with Crippen LogP contribution in [-0.4, -0.2) is 25.7 Å². The van der Waals surface area contributed by atoms with Gasteiger partial charge in [0.1, 0.15) is 14.9 Å². The molecule has 0 fully saturated rings. The molecular formula is C9H7Br2N5O. The molecule has 0 bridgehead atoms. The number of amides is 1. The van der Waals surface area contributed by atoms with Crippen molar-refractivity contribution in [2.24, 2.45) is 7.05 Å². The summed E-state index contributed by atoms with van der Waals surface area (Å²) in [6.45, 7) is 0. The van der Waals surface area contributed by atoms with Gasteiger partial charge in [0, 0.05) is 13.2 Å². The molecule has 0 unspecified atom stereocenters. The molecule has 6 nitrogen and oxygen atoms in total. The van der Waals surface area contributed by atoms with Gasteiger partial charge in [0.05, 0.1) is 6.20 Å². The maximum atomic E-state index is 11.9. The van der Waals surface area contributed by atoms with E-state index < -0.39 is 0 Å². The Labute approximate surface area is 114 Å². The summed E-state index contributed by atoms with van der Waals surface area (Å²) in [7, 11) is 1.69. The molecule has 2 rings (SSSR count). The molecule has 0 aliphatic carbocycles. The van der Waals surface area contributed by atoms with Gasteiger partial charge >= 0.3 is 0 Å². The predicted octanol–water partition coefficient (Wildman–Crippen LogP) is 1.99. The summed E-state index contributed by atoms with van der Waals surface area (Å²) in [6.07, 6.45) is 3.06. The van der Waals surface area contributed by atoms with E-state index in [9.17, 15) is 4.79 Å². The standard InChI is InChI=1S/C9H7Br2N5O/c1-16-5(2-3-13-16)9(17)15-8-7(11)14-6(10)4-12-8/h2-4H,1H3,(H,12,15,17). The lowest BCUT2D eigenvalue weighted by Gasteiger charge is -2.05. The van der Waals surface area contributed by atoms with Crippen LogP contribution in [0.15, 0.2) is 27.7 Å². The van der Waals surface area contributed by atoms with E-state index in [0.717, 1.165) is 0 Å². The Kier molecular flexibility index (Phi) is 3.53. The van der Waals surface area contributed by atoms with E-state index in [0.29, 0.717) is 20.7 Å². The first-order valence-electron chi connectivity index (χ1n) is 4.55. The van der Waals surface area contributed by atoms with Gasteiger partial charge < -0.3 is 5.32 Å². The number of aromatic nitrogens is 4. The van der Waals surface area contributed by atoms with E-state index in [1.807, 2.05) is 0 Å². The van der Waals surface area contributed by atoms with E-state index >= 15 is 0 Å².